The van der Waals surface area contributed by atoms with Crippen LogP contribution in [0.5, 0.6) is 0 Å². The van der Waals surface area contributed by atoms with Crippen LogP contribution in [0.4, 0.5) is 28.4 Å². The molecule has 5 aromatic rings. The van der Waals surface area contributed by atoms with Crippen molar-refractivity contribution < 1.29 is 4.92 Å². The van der Waals surface area contributed by atoms with Gasteiger partial charge < -0.3 is 10.6 Å². The normalized spacial score (nSPS) is 14.4. The molecule has 166 valence electrons. The molecule has 0 atom stereocenters. The van der Waals surface area contributed by atoms with Crippen LogP contribution < -0.4 is 10.6 Å². The molecule has 6 rings (SSSR count). The molecule has 0 aliphatic carbocycles. The van der Waals surface area contributed by atoms with Gasteiger partial charge in [-0.3, -0.25) is 10.1 Å². The second kappa shape index (κ2) is 7.25. The number of non-ortho nitro benzene ring substituents is 1. The molecular weight excluding hydrogens is 426 g/mol. The van der Waals surface area contributed by atoms with Crippen LogP contribution in [0.15, 0.2) is 89.1 Å². The number of nitro benzene ring substituents is 1. The number of hydrogen-bond donors (Lipinski definition) is 2. The number of benzene rings is 5. The molecule has 0 saturated carbocycles. The van der Waals surface area contributed by atoms with Gasteiger partial charge in [-0.25, -0.2) is 0 Å². The first kappa shape index (κ1) is 20.1. The summed E-state index contributed by atoms with van der Waals surface area (Å²) in [6, 6.07) is 24.8. The van der Waals surface area contributed by atoms with Gasteiger partial charge in [-0.15, -0.1) is 10.2 Å². The Balaban J connectivity index is 1.52. The van der Waals surface area contributed by atoms with E-state index in [0.29, 0.717) is 16.5 Å². The van der Waals surface area contributed by atoms with Crippen LogP contribution in [0, 0.1) is 10.1 Å². The third kappa shape index (κ3) is 3.21. The van der Waals surface area contributed by atoms with Crippen molar-refractivity contribution in [2.45, 2.75) is 19.5 Å². The number of rotatable bonds is 3. The third-order valence-corrected chi connectivity index (χ3v) is 6.21. The summed E-state index contributed by atoms with van der Waals surface area (Å²) >= 11 is 0. The SMILES string of the molecule is CC1(C)Nc2cccc3c(/N=N/c4ccc([N+](=O)[O-])c5cc6ccccc6cc45)ccc(c23)N1. The highest BCUT2D eigenvalue weighted by Crippen LogP contribution is 2.42. The highest BCUT2D eigenvalue weighted by Gasteiger charge is 2.25. The summed E-state index contributed by atoms with van der Waals surface area (Å²) in [4.78, 5) is 11.3. The van der Waals surface area contributed by atoms with E-state index in [-0.39, 0.29) is 16.3 Å². The maximum atomic E-state index is 11.7. The Kier molecular flexibility index (Phi) is 4.29. The summed E-state index contributed by atoms with van der Waals surface area (Å²) in [6.45, 7) is 4.18. The van der Waals surface area contributed by atoms with Crippen LogP contribution in [-0.2, 0) is 0 Å². The van der Waals surface area contributed by atoms with Crippen molar-refractivity contribution in [1.29, 1.82) is 0 Å². The number of nitro groups is 1. The molecule has 1 heterocycles. The van der Waals surface area contributed by atoms with Crippen LogP contribution in [0.1, 0.15) is 13.8 Å². The van der Waals surface area contributed by atoms with Crippen molar-refractivity contribution in [1.82, 2.24) is 0 Å². The van der Waals surface area contributed by atoms with Crippen LogP contribution in [-0.4, -0.2) is 10.6 Å². The van der Waals surface area contributed by atoms with E-state index in [0.717, 1.165) is 38.6 Å². The van der Waals surface area contributed by atoms with Gasteiger partial charge in [0, 0.05) is 33.6 Å². The lowest BCUT2D eigenvalue weighted by atomic mass is 10.00. The van der Waals surface area contributed by atoms with E-state index in [1.807, 2.05) is 60.7 Å². The molecule has 7 nitrogen and oxygen atoms in total. The van der Waals surface area contributed by atoms with Crippen molar-refractivity contribution in [2.75, 3.05) is 10.6 Å². The molecule has 0 aromatic heterocycles. The lowest BCUT2D eigenvalue weighted by Gasteiger charge is -2.36. The molecule has 7 heteroatoms. The van der Waals surface area contributed by atoms with Gasteiger partial charge in [0.05, 0.1) is 21.7 Å². The molecule has 0 bridgehead atoms. The quantitative estimate of drug-likeness (QED) is 0.127. The van der Waals surface area contributed by atoms with E-state index in [2.05, 4.69) is 40.8 Å². The molecule has 0 saturated heterocycles. The lowest BCUT2D eigenvalue weighted by Crippen LogP contribution is -2.41. The fourth-order valence-electron chi connectivity index (χ4n) is 4.75. The zero-order valence-corrected chi connectivity index (χ0v) is 18.7. The van der Waals surface area contributed by atoms with Crippen molar-refractivity contribution in [3.05, 3.63) is 89.0 Å². The van der Waals surface area contributed by atoms with Crippen molar-refractivity contribution >= 4 is 60.8 Å². The Morgan fingerprint density at radius 1 is 0.735 bits per heavy atom. The zero-order valence-electron chi connectivity index (χ0n) is 18.7. The highest BCUT2D eigenvalue weighted by atomic mass is 16.6. The van der Waals surface area contributed by atoms with E-state index >= 15 is 0 Å². The molecule has 2 N–H and O–H groups in total. The Morgan fingerprint density at radius 2 is 1.35 bits per heavy atom. The van der Waals surface area contributed by atoms with Crippen LogP contribution in [0.3, 0.4) is 0 Å². The molecule has 0 amide bonds. The molecule has 0 radical (unpaired) electrons. The van der Waals surface area contributed by atoms with E-state index in [9.17, 15) is 10.1 Å². The van der Waals surface area contributed by atoms with Crippen LogP contribution in [0.25, 0.3) is 32.3 Å². The summed E-state index contributed by atoms with van der Waals surface area (Å²) in [6.07, 6.45) is 0. The molecule has 1 aliphatic rings. The number of azo groups is 1. The Labute approximate surface area is 195 Å². The summed E-state index contributed by atoms with van der Waals surface area (Å²) in [5, 5.41) is 33.1. The summed E-state index contributed by atoms with van der Waals surface area (Å²) in [5.41, 5.74) is 3.20. The summed E-state index contributed by atoms with van der Waals surface area (Å²) in [5.74, 6) is 0. The number of nitrogens with one attached hydrogen (secondary N) is 2. The van der Waals surface area contributed by atoms with Gasteiger partial charge in [-0.1, -0.05) is 36.4 Å². The fourth-order valence-corrected chi connectivity index (χ4v) is 4.75. The van der Waals surface area contributed by atoms with Crippen molar-refractivity contribution in [3.63, 3.8) is 0 Å². The third-order valence-electron chi connectivity index (χ3n) is 6.21. The predicted molar refractivity (Wildman–Crippen MR) is 138 cm³/mol. The monoisotopic (exact) mass is 447 g/mol. The lowest BCUT2D eigenvalue weighted by molar-refractivity contribution is -0.383. The molecule has 0 fully saturated rings. The standard InChI is InChI=1S/C27H21N5O2/c1-27(2)28-23-9-5-8-18-21(10-11-24(29-27)26(18)23)30-31-22-12-13-25(32(33)34)20-15-17-7-4-3-6-16(17)14-19(20)22/h3-15,28-29H,1-2H3/b31-30+. The number of hydrogen-bond acceptors (Lipinski definition) is 6. The number of nitrogens with zero attached hydrogens (tertiary/aromatic N) is 3. The highest BCUT2D eigenvalue weighted by molar-refractivity contribution is 6.10. The summed E-state index contributed by atoms with van der Waals surface area (Å²) in [7, 11) is 0. The fraction of sp³-hybridized carbons (Fsp3) is 0.111. The first-order valence-electron chi connectivity index (χ1n) is 11.0. The smallest absolute Gasteiger partial charge is 0.277 e. The van der Waals surface area contributed by atoms with Crippen LogP contribution >= 0.6 is 0 Å². The number of anilines is 2. The Bertz CT molecular complexity index is 1660. The van der Waals surface area contributed by atoms with Gasteiger partial charge in [0.15, 0.2) is 0 Å². The van der Waals surface area contributed by atoms with Gasteiger partial charge in [-0.05, 0) is 61.0 Å². The van der Waals surface area contributed by atoms with Crippen LogP contribution in [0.2, 0.25) is 0 Å². The summed E-state index contributed by atoms with van der Waals surface area (Å²) < 4.78 is 0. The van der Waals surface area contributed by atoms with Crippen molar-refractivity contribution in [3.8, 4) is 0 Å². The average molecular weight is 447 g/mol. The molecule has 0 spiro atoms. The van der Waals surface area contributed by atoms with E-state index < -0.39 is 0 Å². The number of fused-ring (bicyclic) bond motifs is 2. The molecular formula is C27H21N5O2. The molecule has 5 aromatic carbocycles. The second-order valence-electron chi connectivity index (χ2n) is 9.04. The maximum absolute atomic E-state index is 11.7. The molecule has 1 aliphatic heterocycles. The Hall–Kier alpha value is -4.52. The van der Waals surface area contributed by atoms with E-state index in [1.165, 1.54) is 6.07 Å². The predicted octanol–water partition coefficient (Wildman–Crippen LogP) is 8.04. The largest absolute Gasteiger partial charge is 0.363 e. The van der Waals surface area contributed by atoms with Gasteiger partial charge >= 0.3 is 0 Å². The molecule has 34 heavy (non-hydrogen) atoms. The minimum absolute atomic E-state index is 0.0565. The average Bonchev–Trinajstić information content (AvgIpc) is 2.81. The van der Waals surface area contributed by atoms with Gasteiger partial charge in [0.1, 0.15) is 5.66 Å². The Morgan fingerprint density at radius 3 is 2.06 bits per heavy atom. The van der Waals surface area contributed by atoms with Gasteiger partial charge in [-0.2, -0.15) is 0 Å². The maximum Gasteiger partial charge on any atom is 0.277 e. The molecule has 0 unspecified atom stereocenters. The first-order valence-corrected chi connectivity index (χ1v) is 11.0. The minimum Gasteiger partial charge on any atom is -0.363 e. The van der Waals surface area contributed by atoms with E-state index in [4.69, 9.17) is 0 Å². The van der Waals surface area contributed by atoms with E-state index in [1.54, 1.807) is 6.07 Å². The van der Waals surface area contributed by atoms with Gasteiger partial charge in [0.2, 0.25) is 0 Å². The van der Waals surface area contributed by atoms with Gasteiger partial charge in [0.25, 0.3) is 5.69 Å². The zero-order chi connectivity index (χ0) is 23.4. The minimum atomic E-state index is -0.355. The second-order valence-corrected chi connectivity index (χ2v) is 9.04. The topological polar surface area (TPSA) is 91.9 Å². The first-order chi connectivity index (χ1) is 16.4. The van der Waals surface area contributed by atoms with Crippen molar-refractivity contribution in [2.24, 2.45) is 10.2 Å².